The van der Waals surface area contributed by atoms with Gasteiger partial charge in [0, 0.05) is 11.4 Å². The van der Waals surface area contributed by atoms with Gasteiger partial charge < -0.3 is 10.1 Å². The van der Waals surface area contributed by atoms with Gasteiger partial charge in [-0.05, 0) is 91.0 Å². The first-order valence-corrected chi connectivity index (χ1v) is 15.6. The van der Waals surface area contributed by atoms with Gasteiger partial charge in [-0.3, -0.25) is 13.8 Å². The molecule has 16 heteroatoms. The van der Waals surface area contributed by atoms with Gasteiger partial charge in [0.25, 0.3) is 20.0 Å². The zero-order chi connectivity index (χ0) is 32.3. The standard InChI is InChI=1S/C28H22ClF4N3O6S2/c1-42-22-9-13-24(14-10-22)44(40,41)36(21-7-2-18(30)3-8-21)17-27(37)34-19-4-11-23(12-5-19)43(38,39)35-20-6-15-26(29)25(16-20)28(31,32)33/h2-16,35H,17H2,1H3,(H,34,37). The highest BCUT2D eigenvalue weighted by atomic mass is 35.5. The van der Waals surface area contributed by atoms with Gasteiger partial charge in [0.2, 0.25) is 5.91 Å². The van der Waals surface area contributed by atoms with Gasteiger partial charge >= 0.3 is 6.18 Å². The average Bonchev–Trinajstić information content (AvgIpc) is 2.97. The quantitative estimate of drug-likeness (QED) is 0.195. The van der Waals surface area contributed by atoms with Gasteiger partial charge in [0.1, 0.15) is 18.1 Å². The molecule has 44 heavy (non-hydrogen) atoms. The van der Waals surface area contributed by atoms with Crippen molar-refractivity contribution in [3.8, 4) is 5.75 Å². The molecule has 4 aromatic carbocycles. The molecule has 0 heterocycles. The highest BCUT2D eigenvalue weighted by Crippen LogP contribution is 2.36. The Labute approximate surface area is 255 Å². The van der Waals surface area contributed by atoms with E-state index in [0.29, 0.717) is 11.8 Å². The summed E-state index contributed by atoms with van der Waals surface area (Å²) in [6.07, 6.45) is -4.81. The third kappa shape index (κ3) is 7.59. The van der Waals surface area contributed by atoms with Crippen LogP contribution in [0.25, 0.3) is 0 Å². The molecule has 0 aliphatic rings. The van der Waals surface area contributed by atoms with Crippen molar-refractivity contribution in [2.45, 2.75) is 16.0 Å². The number of sulfonamides is 2. The maximum absolute atomic E-state index is 13.6. The predicted molar refractivity (Wildman–Crippen MR) is 156 cm³/mol. The Bertz CT molecular complexity index is 1870. The van der Waals surface area contributed by atoms with E-state index in [1.165, 1.54) is 55.6 Å². The Balaban J connectivity index is 1.52. The molecule has 1 amide bonds. The topological polar surface area (TPSA) is 122 Å². The van der Waals surface area contributed by atoms with E-state index >= 15 is 0 Å². The van der Waals surface area contributed by atoms with E-state index in [0.717, 1.165) is 40.7 Å². The van der Waals surface area contributed by atoms with Gasteiger partial charge in [0.15, 0.2) is 0 Å². The van der Waals surface area contributed by atoms with Crippen LogP contribution in [0.15, 0.2) is 101 Å². The Morgan fingerprint density at radius 2 is 1.41 bits per heavy atom. The number of benzene rings is 4. The molecule has 0 aliphatic heterocycles. The summed E-state index contributed by atoms with van der Waals surface area (Å²) in [6, 6.07) is 17.0. The first-order valence-electron chi connectivity index (χ1n) is 12.3. The van der Waals surface area contributed by atoms with Crippen LogP contribution in [0.1, 0.15) is 5.56 Å². The molecule has 0 atom stereocenters. The van der Waals surface area contributed by atoms with Crippen LogP contribution >= 0.6 is 11.6 Å². The Morgan fingerprint density at radius 1 is 0.841 bits per heavy atom. The highest BCUT2D eigenvalue weighted by Gasteiger charge is 2.34. The largest absolute Gasteiger partial charge is 0.497 e. The number of carbonyl (C=O) groups is 1. The minimum atomic E-state index is -4.81. The van der Waals surface area contributed by atoms with Crippen molar-refractivity contribution in [3.05, 3.63) is 107 Å². The Hall–Kier alpha value is -4.34. The summed E-state index contributed by atoms with van der Waals surface area (Å²) in [6.45, 7) is -0.736. The van der Waals surface area contributed by atoms with Crippen molar-refractivity contribution in [3.63, 3.8) is 0 Å². The highest BCUT2D eigenvalue weighted by molar-refractivity contribution is 7.93. The summed E-state index contributed by atoms with van der Waals surface area (Å²) in [5, 5.41) is 1.86. The van der Waals surface area contributed by atoms with Crippen LogP contribution in [0.5, 0.6) is 5.75 Å². The first kappa shape index (κ1) is 32.6. The molecule has 0 radical (unpaired) electrons. The number of methoxy groups -OCH3 is 1. The van der Waals surface area contributed by atoms with Gasteiger partial charge in [-0.1, -0.05) is 11.6 Å². The maximum Gasteiger partial charge on any atom is 0.417 e. The minimum Gasteiger partial charge on any atom is -0.497 e. The van der Waals surface area contributed by atoms with Crippen molar-refractivity contribution >= 4 is 54.6 Å². The lowest BCUT2D eigenvalue weighted by atomic mass is 10.2. The molecule has 0 spiro atoms. The summed E-state index contributed by atoms with van der Waals surface area (Å²) in [7, 11) is -7.26. The van der Waals surface area contributed by atoms with Gasteiger partial charge in [0.05, 0.1) is 33.2 Å². The fraction of sp³-hybridized carbons (Fsp3) is 0.107. The van der Waals surface area contributed by atoms with E-state index in [4.69, 9.17) is 16.3 Å². The maximum atomic E-state index is 13.6. The smallest absolute Gasteiger partial charge is 0.417 e. The van der Waals surface area contributed by atoms with E-state index in [1.807, 2.05) is 4.72 Å². The number of nitrogens with one attached hydrogen (secondary N) is 2. The predicted octanol–water partition coefficient (Wildman–Crippen LogP) is 6.14. The fourth-order valence-corrected chi connectivity index (χ4v) is 6.56. The van der Waals surface area contributed by atoms with Gasteiger partial charge in [-0.25, -0.2) is 21.2 Å². The van der Waals surface area contributed by atoms with E-state index in [-0.39, 0.29) is 26.9 Å². The number of rotatable bonds is 10. The summed E-state index contributed by atoms with van der Waals surface area (Å²) in [4.78, 5) is 12.5. The Kier molecular flexibility index (Phi) is 9.41. The van der Waals surface area contributed by atoms with Crippen molar-refractivity contribution in [2.24, 2.45) is 0 Å². The Morgan fingerprint density at radius 3 is 1.98 bits per heavy atom. The molecule has 0 unspecified atom stereocenters. The van der Waals surface area contributed by atoms with E-state index < -0.39 is 55.1 Å². The molecule has 0 bridgehead atoms. The number of hydrogen-bond acceptors (Lipinski definition) is 6. The lowest BCUT2D eigenvalue weighted by Crippen LogP contribution is -2.38. The molecule has 9 nitrogen and oxygen atoms in total. The van der Waals surface area contributed by atoms with Crippen molar-refractivity contribution in [1.29, 1.82) is 0 Å². The summed E-state index contributed by atoms with van der Waals surface area (Å²) < 4.78 is 113. The first-order chi connectivity index (χ1) is 20.6. The summed E-state index contributed by atoms with van der Waals surface area (Å²) in [5.41, 5.74) is -1.51. The lowest BCUT2D eigenvalue weighted by molar-refractivity contribution is -0.137. The number of amides is 1. The average molecular weight is 672 g/mol. The number of alkyl halides is 3. The number of ether oxygens (including phenoxy) is 1. The molecule has 0 aliphatic carbocycles. The van der Waals surface area contributed by atoms with Crippen molar-refractivity contribution in [1.82, 2.24) is 0 Å². The number of nitrogens with zero attached hydrogens (tertiary/aromatic N) is 1. The second-order valence-electron chi connectivity index (χ2n) is 9.03. The van der Waals surface area contributed by atoms with Crippen molar-refractivity contribution < 1.29 is 43.9 Å². The molecule has 0 saturated heterocycles. The van der Waals surface area contributed by atoms with Crippen LogP contribution in [0, 0.1) is 5.82 Å². The van der Waals surface area contributed by atoms with E-state index in [9.17, 15) is 39.2 Å². The van der Waals surface area contributed by atoms with E-state index in [1.54, 1.807) is 0 Å². The van der Waals surface area contributed by atoms with Crippen LogP contribution in [-0.2, 0) is 31.0 Å². The van der Waals surface area contributed by atoms with Crippen LogP contribution in [-0.4, -0.2) is 36.4 Å². The van der Waals surface area contributed by atoms with Crippen LogP contribution in [0.2, 0.25) is 5.02 Å². The second-order valence-corrected chi connectivity index (χ2v) is 13.0. The van der Waals surface area contributed by atoms with E-state index in [2.05, 4.69) is 5.32 Å². The van der Waals surface area contributed by atoms with Gasteiger partial charge in [-0.15, -0.1) is 0 Å². The number of hydrogen-bond donors (Lipinski definition) is 2. The second kappa shape index (κ2) is 12.7. The molecule has 2 N–H and O–H groups in total. The SMILES string of the molecule is COc1ccc(S(=O)(=O)N(CC(=O)Nc2ccc(S(=O)(=O)Nc3ccc(Cl)c(C(F)(F)F)c3)cc2)c2ccc(F)cc2)cc1. The molecule has 4 aromatic rings. The normalized spacial score (nSPS) is 12.0. The van der Waals surface area contributed by atoms with Crippen LogP contribution in [0.4, 0.5) is 34.6 Å². The molecule has 4 rings (SSSR count). The molecule has 232 valence electrons. The molecule has 0 saturated carbocycles. The third-order valence-electron chi connectivity index (χ3n) is 6.02. The zero-order valence-corrected chi connectivity index (χ0v) is 24.9. The number of carbonyl (C=O) groups excluding carboxylic acids is 1. The number of halogens is 5. The third-order valence-corrected chi connectivity index (χ3v) is 9.54. The minimum absolute atomic E-state index is 0.000707. The summed E-state index contributed by atoms with van der Waals surface area (Å²) in [5.74, 6) is -1.04. The molecule has 0 fully saturated rings. The fourth-order valence-electron chi connectivity index (χ4n) is 3.87. The molecular formula is C28H22ClF4N3O6S2. The molecule has 0 aromatic heterocycles. The monoisotopic (exact) mass is 671 g/mol. The van der Waals surface area contributed by atoms with Crippen LogP contribution in [0.3, 0.4) is 0 Å². The van der Waals surface area contributed by atoms with Crippen LogP contribution < -0.4 is 19.1 Å². The zero-order valence-electron chi connectivity index (χ0n) is 22.5. The van der Waals surface area contributed by atoms with Crippen molar-refractivity contribution in [2.75, 3.05) is 28.0 Å². The van der Waals surface area contributed by atoms with Gasteiger partial charge in [-0.2, -0.15) is 13.2 Å². The summed E-state index contributed by atoms with van der Waals surface area (Å²) >= 11 is 5.58. The number of anilines is 3. The lowest BCUT2D eigenvalue weighted by Gasteiger charge is -2.24. The molecular weight excluding hydrogens is 650 g/mol.